The van der Waals surface area contributed by atoms with Crippen molar-refractivity contribution in [2.75, 3.05) is 30.9 Å². The van der Waals surface area contributed by atoms with Crippen LogP contribution in [0.3, 0.4) is 0 Å². The maximum Gasteiger partial charge on any atom is 0.313 e. The lowest BCUT2D eigenvalue weighted by atomic mass is 10.1. The van der Waals surface area contributed by atoms with Crippen LogP contribution in [0, 0.1) is 0 Å². The molecule has 0 fully saturated rings. The van der Waals surface area contributed by atoms with Gasteiger partial charge in [-0.05, 0) is 12.1 Å². The molecule has 0 spiro atoms. The quantitative estimate of drug-likeness (QED) is 0.822. The molecule has 108 valence electrons. The third kappa shape index (κ3) is 4.93. The molecule has 1 aromatic carbocycles. The summed E-state index contributed by atoms with van der Waals surface area (Å²) in [5, 5.41) is 11.1. The Morgan fingerprint density at radius 2 is 1.85 bits per heavy atom. The number of nitrogens with zero attached hydrogens (tertiary/aromatic N) is 1. The molecule has 0 radical (unpaired) electrons. The number of thioether (sulfide) groups is 1. The zero-order chi connectivity index (χ0) is 15.1. The van der Waals surface area contributed by atoms with E-state index in [9.17, 15) is 14.4 Å². The summed E-state index contributed by atoms with van der Waals surface area (Å²) in [7, 11) is 3.26. The summed E-state index contributed by atoms with van der Waals surface area (Å²) < 4.78 is 0. The predicted molar refractivity (Wildman–Crippen MR) is 78.1 cm³/mol. The highest BCUT2D eigenvalue weighted by Crippen LogP contribution is 2.17. The normalized spacial score (nSPS) is 9.90. The van der Waals surface area contributed by atoms with Crippen molar-refractivity contribution in [3.05, 3.63) is 29.8 Å². The van der Waals surface area contributed by atoms with Gasteiger partial charge in [-0.3, -0.25) is 14.4 Å². The Morgan fingerprint density at radius 3 is 2.45 bits per heavy atom. The van der Waals surface area contributed by atoms with Crippen LogP contribution in [0.1, 0.15) is 10.4 Å². The zero-order valence-electron chi connectivity index (χ0n) is 11.3. The number of carboxylic acid groups (broad SMARTS) is 1. The molecule has 1 rings (SSSR count). The van der Waals surface area contributed by atoms with Gasteiger partial charge in [0.1, 0.15) is 0 Å². The van der Waals surface area contributed by atoms with Crippen molar-refractivity contribution in [1.29, 1.82) is 0 Å². The van der Waals surface area contributed by atoms with E-state index in [2.05, 4.69) is 5.32 Å². The molecule has 0 atom stereocenters. The highest BCUT2D eigenvalue weighted by Gasteiger charge is 2.14. The van der Waals surface area contributed by atoms with Crippen molar-refractivity contribution in [2.24, 2.45) is 0 Å². The molecule has 1 aromatic rings. The molecule has 20 heavy (non-hydrogen) atoms. The Bertz CT molecular complexity index is 517. The lowest BCUT2D eigenvalue weighted by Gasteiger charge is -2.14. The van der Waals surface area contributed by atoms with Gasteiger partial charge in [0.05, 0.1) is 22.8 Å². The third-order valence-corrected chi connectivity index (χ3v) is 3.21. The van der Waals surface area contributed by atoms with Crippen LogP contribution in [0.2, 0.25) is 0 Å². The summed E-state index contributed by atoms with van der Waals surface area (Å²) in [6.07, 6.45) is 0. The topological polar surface area (TPSA) is 86.7 Å². The first-order valence-corrected chi connectivity index (χ1v) is 6.97. The molecule has 0 aliphatic rings. The SMILES string of the molecule is CN(C)C(=O)c1ccccc1NC(=O)CSCC(=O)O. The van der Waals surface area contributed by atoms with Crippen LogP contribution in [0.4, 0.5) is 5.69 Å². The van der Waals surface area contributed by atoms with E-state index in [1.165, 1.54) is 4.90 Å². The average Bonchev–Trinajstić information content (AvgIpc) is 2.38. The van der Waals surface area contributed by atoms with Crippen LogP contribution >= 0.6 is 11.8 Å². The van der Waals surface area contributed by atoms with Gasteiger partial charge in [0.15, 0.2) is 0 Å². The fourth-order valence-electron chi connectivity index (χ4n) is 1.44. The van der Waals surface area contributed by atoms with Crippen LogP contribution in [-0.2, 0) is 9.59 Å². The van der Waals surface area contributed by atoms with Crippen molar-refractivity contribution < 1.29 is 19.5 Å². The number of hydrogen-bond donors (Lipinski definition) is 2. The Labute approximate surface area is 121 Å². The Hall–Kier alpha value is -2.02. The van der Waals surface area contributed by atoms with Gasteiger partial charge < -0.3 is 15.3 Å². The summed E-state index contributed by atoms with van der Waals surface area (Å²) in [6.45, 7) is 0. The van der Waals surface area contributed by atoms with E-state index < -0.39 is 5.97 Å². The second kappa shape index (κ2) is 7.54. The molecule has 0 saturated carbocycles. The van der Waals surface area contributed by atoms with Crippen LogP contribution in [0.15, 0.2) is 24.3 Å². The summed E-state index contributed by atoms with van der Waals surface area (Å²) in [4.78, 5) is 35.4. The number of amides is 2. The van der Waals surface area contributed by atoms with E-state index in [0.29, 0.717) is 11.3 Å². The molecule has 2 N–H and O–H groups in total. The molecular formula is C13H16N2O4S. The predicted octanol–water partition coefficient (Wildman–Crippen LogP) is 1.14. The number of carbonyl (C=O) groups is 3. The lowest BCUT2D eigenvalue weighted by molar-refractivity contribution is -0.133. The highest BCUT2D eigenvalue weighted by atomic mass is 32.2. The molecule has 7 heteroatoms. The van der Waals surface area contributed by atoms with Gasteiger partial charge in [-0.1, -0.05) is 12.1 Å². The minimum absolute atomic E-state index is 0.0246. The Kier molecular flexibility index (Phi) is 6.05. The number of nitrogens with one attached hydrogen (secondary N) is 1. The summed E-state index contributed by atoms with van der Waals surface area (Å²) in [6, 6.07) is 6.69. The summed E-state index contributed by atoms with van der Waals surface area (Å²) >= 11 is 1.00. The average molecular weight is 296 g/mol. The Balaban J connectivity index is 2.70. The van der Waals surface area contributed by atoms with Crippen LogP contribution in [-0.4, -0.2) is 53.4 Å². The molecule has 0 heterocycles. The maximum absolute atomic E-state index is 11.9. The molecule has 2 amide bonds. The first-order valence-electron chi connectivity index (χ1n) is 5.82. The highest BCUT2D eigenvalue weighted by molar-refractivity contribution is 8.00. The monoisotopic (exact) mass is 296 g/mol. The summed E-state index contributed by atoms with van der Waals surface area (Å²) in [5.41, 5.74) is 0.821. The second-order valence-corrected chi connectivity index (χ2v) is 5.17. The van der Waals surface area contributed by atoms with Gasteiger partial charge in [0, 0.05) is 14.1 Å². The molecule has 6 nitrogen and oxygen atoms in total. The lowest BCUT2D eigenvalue weighted by Crippen LogP contribution is -2.24. The van der Waals surface area contributed by atoms with Crippen molar-refractivity contribution in [3.8, 4) is 0 Å². The second-order valence-electron chi connectivity index (χ2n) is 4.18. The standard InChI is InChI=1S/C13H16N2O4S/c1-15(2)13(19)9-5-3-4-6-10(9)14-11(16)7-20-8-12(17)18/h3-6H,7-8H2,1-2H3,(H,14,16)(H,17,18). The fraction of sp³-hybridized carbons (Fsp3) is 0.308. The van der Waals surface area contributed by atoms with Crippen molar-refractivity contribution in [1.82, 2.24) is 4.90 Å². The van der Waals surface area contributed by atoms with Crippen molar-refractivity contribution in [2.45, 2.75) is 0 Å². The first-order chi connectivity index (χ1) is 9.41. The molecule has 0 aliphatic heterocycles. The number of carbonyl (C=O) groups excluding carboxylic acids is 2. The van der Waals surface area contributed by atoms with Crippen LogP contribution < -0.4 is 5.32 Å². The molecule has 0 bridgehead atoms. The molecule has 0 saturated heterocycles. The fourth-order valence-corrected chi connectivity index (χ4v) is 1.97. The minimum Gasteiger partial charge on any atom is -0.481 e. The maximum atomic E-state index is 11.9. The molecule has 0 aliphatic carbocycles. The number of anilines is 1. The van der Waals surface area contributed by atoms with Crippen molar-refractivity contribution >= 4 is 35.2 Å². The minimum atomic E-state index is -0.967. The third-order valence-electron chi connectivity index (χ3n) is 2.30. The number of rotatable bonds is 6. The number of para-hydroxylation sites is 1. The largest absolute Gasteiger partial charge is 0.481 e. The van der Waals surface area contributed by atoms with Gasteiger partial charge in [-0.15, -0.1) is 11.8 Å². The number of carboxylic acids is 1. The number of benzene rings is 1. The Morgan fingerprint density at radius 1 is 1.20 bits per heavy atom. The van der Waals surface area contributed by atoms with Gasteiger partial charge in [-0.25, -0.2) is 0 Å². The van der Waals surface area contributed by atoms with E-state index in [-0.39, 0.29) is 23.3 Å². The van der Waals surface area contributed by atoms with E-state index in [1.807, 2.05) is 0 Å². The van der Waals surface area contributed by atoms with Gasteiger partial charge >= 0.3 is 5.97 Å². The molecular weight excluding hydrogens is 280 g/mol. The van der Waals surface area contributed by atoms with Gasteiger partial charge in [0.2, 0.25) is 5.91 Å². The van der Waals surface area contributed by atoms with E-state index >= 15 is 0 Å². The van der Waals surface area contributed by atoms with Gasteiger partial charge in [0.25, 0.3) is 5.91 Å². The van der Waals surface area contributed by atoms with Crippen LogP contribution in [0.25, 0.3) is 0 Å². The van der Waals surface area contributed by atoms with E-state index in [1.54, 1.807) is 38.4 Å². The van der Waals surface area contributed by atoms with Crippen molar-refractivity contribution in [3.63, 3.8) is 0 Å². The van der Waals surface area contributed by atoms with E-state index in [0.717, 1.165) is 11.8 Å². The first kappa shape index (κ1) is 16.0. The molecule has 0 aromatic heterocycles. The number of aliphatic carboxylic acids is 1. The zero-order valence-corrected chi connectivity index (χ0v) is 12.1. The van der Waals surface area contributed by atoms with Crippen LogP contribution in [0.5, 0.6) is 0 Å². The number of hydrogen-bond acceptors (Lipinski definition) is 4. The van der Waals surface area contributed by atoms with Gasteiger partial charge in [-0.2, -0.15) is 0 Å². The summed E-state index contributed by atoms with van der Waals surface area (Å²) in [5.74, 6) is -1.62. The molecule has 0 unspecified atom stereocenters. The van der Waals surface area contributed by atoms with E-state index in [4.69, 9.17) is 5.11 Å². The smallest absolute Gasteiger partial charge is 0.313 e.